The molecule has 1 aliphatic heterocycles. The van der Waals surface area contributed by atoms with Gasteiger partial charge in [0.25, 0.3) is 5.91 Å². The Balaban J connectivity index is 1.82. The van der Waals surface area contributed by atoms with E-state index in [1.54, 1.807) is 27.7 Å². The zero-order chi connectivity index (χ0) is 31.5. The van der Waals surface area contributed by atoms with Crippen LogP contribution in [-0.4, -0.2) is 66.0 Å². The molecule has 4 amide bonds. The minimum atomic E-state index is -1.15. The maximum atomic E-state index is 13.7. The number of carbonyl (C=O) groups excluding carboxylic acids is 5. The van der Waals surface area contributed by atoms with E-state index in [4.69, 9.17) is 9.26 Å². The summed E-state index contributed by atoms with van der Waals surface area (Å²) in [5, 5.41) is 14.6. The van der Waals surface area contributed by atoms with Gasteiger partial charge >= 0.3 is 5.97 Å². The highest BCUT2D eigenvalue weighted by atomic mass is 19.1. The van der Waals surface area contributed by atoms with E-state index in [9.17, 15) is 28.4 Å². The Morgan fingerprint density at radius 3 is 2.44 bits per heavy atom. The van der Waals surface area contributed by atoms with Crippen molar-refractivity contribution in [2.75, 3.05) is 13.2 Å². The van der Waals surface area contributed by atoms with Crippen molar-refractivity contribution in [2.45, 2.75) is 65.1 Å². The zero-order valence-corrected chi connectivity index (χ0v) is 24.6. The van der Waals surface area contributed by atoms with Crippen LogP contribution in [0.2, 0.25) is 0 Å². The molecule has 1 aliphatic rings. The van der Waals surface area contributed by atoms with Crippen LogP contribution in [0.5, 0.6) is 0 Å². The minimum Gasteiger partial charge on any atom is -0.463 e. The number of aryl methyl sites for hydroxylation is 1. The van der Waals surface area contributed by atoms with Crippen LogP contribution in [0.4, 0.5) is 4.39 Å². The number of hydrogen-bond acceptors (Lipinski definition) is 8. The van der Waals surface area contributed by atoms with Crippen molar-refractivity contribution in [3.63, 3.8) is 0 Å². The van der Waals surface area contributed by atoms with Crippen molar-refractivity contribution < 1.29 is 37.6 Å². The predicted molar refractivity (Wildman–Crippen MR) is 153 cm³/mol. The normalized spacial score (nSPS) is 16.8. The number of nitrogens with zero attached hydrogens (tertiary/aromatic N) is 1. The first-order valence-electron chi connectivity index (χ1n) is 14.2. The van der Waals surface area contributed by atoms with Crippen molar-refractivity contribution in [1.82, 2.24) is 26.4 Å². The van der Waals surface area contributed by atoms with Gasteiger partial charge in [-0.2, -0.15) is 0 Å². The highest BCUT2D eigenvalue weighted by Gasteiger charge is 2.32. The fourth-order valence-electron chi connectivity index (χ4n) is 4.58. The molecule has 0 bridgehead atoms. The molecule has 4 atom stereocenters. The van der Waals surface area contributed by atoms with Gasteiger partial charge in [0.2, 0.25) is 17.7 Å². The Morgan fingerprint density at radius 1 is 1.14 bits per heavy atom. The number of rotatable bonds is 14. The molecule has 232 valence electrons. The van der Waals surface area contributed by atoms with Gasteiger partial charge in [-0.3, -0.25) is 19.2 Å². The number of esters is 1. The standard InChI is InChI=1S/C30H38FN5O7/c1-5-42-25(37)11-10-22(16-20-12-13-32-27(20)38)33-28(39)23(15-19-6-8-21(31)9-7-19)34-30(41)26(17(2)3)35-29(40)24-14-18(4)43-36-24/h6-11,14,17,20,22-23,26H,5,12-13,15-16H2,1-4H3,(H,32,38)(H,33,39)(H,34,41)(H,35,40)/t20-,22+,23-,26-/m0/s1. The minimum absolute atomic E-state index is 0.00266. The number of amides is 4. The lowest BCUT2D eigenvalue weighted by atomic mass is 9.97. The molecule has 1 aromatic heterocycles. The lowest BCUT2D eigenvalue weighted by Crippen LogP contribution is -2.57. The van der Waals surface area contributed by atoms with Gasteiger partial charge < -0.3 is 30.5 Å². The predicted octanol–water partition coefficient (Wildman–Crippen LogP) is 1.73. The third-order valence-electron chi connectivity index (χ3n) is 6.86. The second kappa shape index (κ2) is 15.6. The first-order chi connectivity index (χ1) is 20.5. The van der Waals surface area contributed by atoms with Crippen LogP contribution in [0, 0.1) is 24.6 Å². The highest BCUT2D eigenvalue weighted by molar-refractivity contribution is 5.97. The van der Waals surface area contributed by atoms with Gasteiger partial charge in [0.15, 0.2) is 5.69 Å². The molecule has 0 spiro atoms. The molecule has 12 nitrogen and oxygen atoms in total. The second-order valence-electron chi connectivity index (χ2n) is 10.6. The van der Waals surface area contributed by atoms with E-state index in [-0.39, 0.29) is 42.9 Å². The van der Waals surface area contributed by atoms with Gasteiger partial charge in [-0.25, -0.2) is 9.18 Å². The summed E-state index contributed by atoms with van der Waals surface area (Å²) in [6, 6.07) is 3.99. The van der Waals surface area contributed by atoms with Crippen molar-refractivity contribution in [2.24, 2.45) is 11.8 Å². The van der Waals surface area contributed by atoms with Gasteiger partial charge in [0.05, 0.1) is 6.61 Å². The summed E-state index contributed by atoms with van der Waals surface area (Å²) >= 11 is 0. The quantitative estimate of drug-likeness (QED) is 0.188. The fourth-order valence-corrected chi connectivity index (χ4v) is 4.58. The van der Waals surface area contributed by atoms with Gasteiger partial charge in [0, 0.05) is 37.1 Å². The van der Waals surface area contributed by atoms with Crippen LogP contribution in [0.1, 0.15) is 55.4 Å². The molecule has 4 N–H and O–H groups in total. The van der Waals surface area contributed by atoms with E-state index < -0.39 is 47.6 Å². The average molecular weight is 600 g/mol. The van der Waals surface area contributed by atoms with E-state index in [2.05, 4.69) is 26.4 Å². The Labute approximate surface area is 249 Å². The van der Waals surface area contributed by atoms with Gasteiger partial charge in [0.1, 0.15) is 23.7 Å². The summed E-state index contributed by atoms with van der Waals surface area (Å²) < 4.78 is 23.5. The molecule has 0 unspecified atom stereocenters. The average Bonchev–Trinajstić information content (AvgIpc) is 3.58. The number of nitrogens with one attached hydrogen (secondary N) is 4. The number of carbonyl (C=O) groups is 5. The van der Waals surface area contributed by atoms with E-state index in [1.165, 1.54) is 42.5 Å². The van der Waals surface area contributed by atoms with Crippen molar-refractivity contribution in [1.29, 1.82) is 0 Å². The topological polar surface area (TPSA) is 169 Å². The number of hydrogen-bond donors (Lipinski definition) is 4. The summed E-state index contributed by atoms with van der Waals surface area (Å²) in [5.74, 6) is -3.40. The molecule has 2 aromatic rings. The Bertz CT molecular complexity index is 1320. The molecular weight excluding hydrogens is 561 g/mol. The van der Waals surface area contributed by atoms with Crippen molar-refractivity contribution in [3.05, 3.63) is 65.3 Å². The Morgan fingerprint density at radius 2 is 1.86 bits per heavy atom. The largest absolute Gasteiger partial charge is 0.463 e. The Kier molecular flexibility index (Phi) is 12.0. The van der Waals surface area contributed by atoms with E-state index in [0.717, 1.165) is 0 Å². The van der Waals surface area contributed by atoms with E-state index >= 15 is 0 Å². The van der Waals surface area contributed by atoms with Crippen molar-refractivity contribution in [3.8, 4) is 0 Å². The third kappa shape index (κ3) is 10.0. The van der Waals surface area contributed by atoms with Crippen LogP contribution in [0.3, 0.4) is 0 Å². The summed E-state index contributed by atoms with van der Waals surface area (Å²) in [4.78, 5) is 64.1. The smallest absolute Gasteiger partial charge is 0.330 e. The highest BCUT2D eigenvalue weighted by Crippen LogP contribution is 2.18. The van der Waals surface area contributed by atoms with Crippen LogP contribution in [0.25, 0.3) is 0 Å². The molecule has 3 rings (SSSR count). The lowest BCUT2D eigenvalue weighted by molar-refractivity contribution is -0.137. The molecule has 0 aliphatic carbocycles. The monoisotopic (exact) mass is 599 g/mol. The molecule has 0 radical (unpaired) electrons. The lowest BCUT2D eigenvalue weighted by Gasteiger charge is -2.26. The first-order valence-corrected chi connectivity index (χ1v) is 14.2. The van der Waals surface area contributed by atoms with E-state index in [1.807, 2.05) is 0 Å². The molecule has 2 heterocycles. The second-order valence-corrected chi connectivity index (χ2v) is 10.6. The SMILES string of the molecule is CCOC(=O)C=C[C@H](C[C@@H]1CCNC1=O)NC(=O)[C@H](Cc1ccc(F)cc1)NC(=O)[C@@H](NC(=O)c1cc(C)on1)C(C)C. The molecule has 13 heteroatoms. The maximum Gasteiger partial charge on any atom is 0.330 e. The summed E-state index contributed by atoms with van der Waals surface area (Å²) in [5.41, 5.74) is 0.572. The maximum absolute atomic E-state index is 13.7. The van der Waals surface area contributed by atoms with Gasteiger partial charge in [-0.15, -0.1) is 0 Å². The molecule has 0 saturated carbocycles. The first kappa shape index (κ1) is 33.0. The van der Waals surface area contributed by atoms with Crippen LogP contribution in [0.15, 0.2) is 47.0 Å². The molecule has 1 saturated heterocycles. The number of halogens is 1. The van der Waals surface area contributed by atoms with Crippen molar-refractivity contribution >= 4 is 29.6 Å². The zero-order valence-electron chi connectivity index (χ0n) is 24.6. The molecule has 1 fully saturated rings. The summed E-state index contributed by atoms with van der Waals surface area (Å²) in [7, 11) is 0. The third-order valence-corrected chi connectivity index (χ3v) is 6.86. The summed E-state index contributed by atoms with van der Waals surface area (Å²) in [6.07, 6.45) is 3.42. The molecular formula is C30H38FN5O7. The fraction of sp³-hybridized carbons (Fsp3) is 0.467. The van der Waals surface area contributed by atoms with E-state index in [0.29, 0.717) is 24.3 Å². The number of benzene rings is 1. The number of aromatic nitrogens is 1. The van der Waals surface area contributed by atoms with Crippen LogP contribution >= 0.6 is 0 Å². The summed E-state index contributed by atoms with van der Waals surface area (Å²) in [6.45, 7) is 7.43. The van der Waals surface area contributed by atoms with Gasteiger partial charge in [-0.1, -0.05) is 37.2 Å². The van der Waals surface area contributed by atoms with Crippen LogP contribution < -0.4 is 21.3 Å². The molecule has 43 heavy (non-hydrogen) atoms. The van der Waals surface area contributed by atoms with Crippen LogP contribution in [-0.2, 0) is 30.3 Å². The number of ether oxygens (including phenoxy) is 1. The molecule has 1 aromatic carbocycles. The van der Waals surface area contributed by atoms with Gasteiger partial charge in [-0.05, 0) is 50.3 Å². The Hall–Kier alpha value is -4.55.